The smallest absolute Gasteiger partial charge is 0.323 e. The Morgan fingerprint density at radius 3 is 3.00 bits per heavy atom. The topological polar surface area (TPSA) is 38.8 Å². The number of carbonyl (C=O) groups excluding carboxylic acids is 1. The van der Waals surface area contributed by atoms with E-state index < -0.39 is 0 Å². The van der Waals surface area contributed by atoms with Crippen molar-refractivity contribution in [3.63, 3.8) is 0 Å². The van der Waals surface area contributed by atoms with Crippen LogP contribution in [-0.4, -0.2) is 43.7 Å². The van der Waals surface area contributed by atoms with Crippen LogP contribution >= 0.6 is 27.5 Å². The first-order valence-corrected chi connectivity index (χ1v) is 8.18. The molecule has 0 aliphatic carbocycles. The monoisotopic (exact) mass is 375 g/mol. The summed E-state index contributed by atoms with van der Waals surface area (Å²) in [7, 11) is 1.44. The second-order valence-electron chi connectivity index (χ2n) is 4.99. The molecule has 0 amide bonds. The molecule has 1 aliphatic rings. The number of ether oxygens (including phenoxy) is 2. The number of benzene rings is 1. The summed E-state index contributed by atoms with van der Waals surface area (Å²) in [5.41, 5.74) is 0. The number of esters is 1. The van der Waals surface area contributed by atoms with Gasteiger partial charge in [0.15, 0.2) is 0 Å². The Morgan fingerprint density at radius 2 is 2.29 bits per heavy atom. The van der Waals surface area contributed by atoms with Crippen LogP contribution < -0.4 is 4.74 Å². The highest BCUT2D eigenvalue weighted by Gasteiger charge is 2.29. The molecule has 4 nitrogen and oxygen atoms in total. The van der Waals surface area contributed by atoms with Crippen molar-refractivity contribution >= 4 is 33.5 Å². The molecule has 1 unspecified atom stereocenters. The molecule has 0 radical (unpaired) electrons. The summed E-state index contributed by atoms with van der Waals surface area (Å²) >= 11 is 9.32. The first-order chi connectivity index (χ1) is 10.1. The lowest BCUT2D eigenvalue weighted by molar-refractivity contribution is -0.148. The second-order valence-corrected chi connectivity index (χ2v) is 6.28. The van der Waals surface area contributed by atoms with Crippen LogP contribution in [0, 0.1) is 0 Å². The highest BCUT2D eigenvalue weighted by molar-refractivity contribution is 9.10. The first-order valence-electron chi connectivity index (χ1n) is 7.01. The highest BCUT2D eigenvalue weighted by Crippen LogP contribution is 2.28. The number of halogens is 2. The molecule has 0 saturated carbocycles. The van der Waals surface area contributed by atoms with Gasteiger partial charge in [0.1, 0.15) is 18.4 Å². The number of nitrogens with zero attached hydrogens (tertiary/aromatic N) is 1. The van der Waals surface area contributed by atoms with Crippen LogP contribution in [0.25, 0.3) is 0 Å². The zero-order chi connectivity index (χ0) is 15.2. The number of rotatable bonds is 5. The van der Waals surface area contributed by atoms with E-state index in [0.29, 0.717) is 18.2 Å². The van der Waals surface area contributed by atoms with Crippen LogP contribution in [0.2, 0.25) is 5.02 Å². The zero-order valence-electron chi connectivity index (χ0n) is 12.0. The Balaban J connectivity index is 1.87. The molecule has 1 atom stereocenters. The SMILES string of the molecule is COC(=O)C1CCCCN1CCOc1ccc(Cl)cc1Br. The number of piperidine rings is 1. The van der Waals surface area contributed by atoms with Crippen molar-refractivity contribution in [2.45, 2.75) is 25.3 Å². The minimum atomic E-state index is -0.151. The molecule has 1 aromatic rings. The van der Waals surface area contributed by atoms with Gasteiger partial charge in [-0.3, -0.25) is 9.69 Å². The summed E-state index contributed by atoms with van der Waals surface area (Å²) in [6.07, 6.45) is 3.04. The fourth-order valence-corrected chi connectivity index (χ4v) is 3.32. The standard InChI is InChI=1S/C15H19BrClNO3/c1-20-15(19)13-4-2-3-7-18(13)8-9-21-14-6-5-11(17)10-12(14)16/h5-6,10,13H,2-4,7-9H2,1H3. The van der Waals surface area contributed by atoms with E-state index in [1.165, 1.54) is 7.11 Å². The number of carbonyl (C=O) groups is 1. The lowest BCUT2D eigenvalue weighted by Gasteiger charge is -2.33. The molecule has 1 fully saturated rings. The van der Waals surface area contributed by atoms with Crippen molar-refractivity contribution in [2.75, 3.05) is 26.8 Å². The summed E-state index contributed by atoms with van der Waals surface area (Å²) in [5, 5.41) is 0.663. The van der Waals surface area contributed by atoms with Gasteiger partial charge in [0.25, 0.3) is 0 Å². The summed E-state index contributed by atoms with van der Waals surface area (Å²) in [4.78, 5) is 13.9. The average Bonchev–Trinajstić information content (AvgIpc) is 2.49. The quantitative estimate of drug-likeness (QED) is 0.737. The number of methoxy groups -OCH3 is 1. The van der Waals surface area contributed by atoms with Crippen molar-refractivity contribution < 1.29 is 14.3 Å². The maximum Gasteiger partial charge on any atom is 0.323 e. The second kappa shape index (κ2) is 8.01. The van der Waals surface area contributed by atoms with E-state index >= 15 is 0 Å². The molecule has 0 N–H and O–H groups in total. The van der Waals surface area contributed by atoms with Crippen LogP contribution in [0.3, 0.4) is 0 Å². The van der Waals surface area contributed by atoms with E-state index in [2.05, 4.69) is 20.8 Å². The molecule has 0 aromatic heterocycles. The number of likely N-dealkylation sites (tertiary alicyclic amines) is 1. The van der Waals surface area contributed by atoms with E-state index in [-0.39, 0.29) is 12.0 Å². The van der Waals surface area contributed by atoms with Crippen molar-refractivity contribution in [3.05, 3.63) is 27.7 Å². The predicted octanol–water partition coefficient (Wildman–Crippen LogP) is 3.51. The van der Waals surface area contributed by atoms with Gasteiger partial charge in [0.05, 0.1) is 11.6 Å². The van der Waals surface area contributed by atoms with Crippen LogP contribution in [0.5, 0.6) is 5.75 Å². The summed E-state index contributed by atoms with van der Waals surface area (Å²) < 4.78 is 11.5. The highest BCUT2D eigenvalue weighted by atomic mass is 79.9. The van der Waals surface area contributed by atoms with Gasteiger partial charge in [-0.15, -0.1) is 0 Å². The van der Waals surface area contributed by atoms with Crippen LogP contribution in [0.1, 0.15) is 19.3 Å². The third-order valence-corrected chi connectivity index (χ3v) is 4.47. The van der Waals surface area contributed by atoms with Crippen LogP contribution in [-0.2, 0) is 9.53 Å². The molecular weight excluding hydrogens is 358 g/mol. The molecule has 1 aliphatic heterocycles. The molecule has 0 spiro atoms. The Labute approximate surface area is 138 Å². The van der Waals surface area contributed by atoms with Gasteiger partial charge in [-0.25, -0.2) is 0 Å². The molecule has 21 heavy (non-hydrogen) atoms. The molecular formula is C15H19BrClNO3. The fraction of sp³-hybridized carbons (Fsp3) is 0.533. The largest absolute Gasteiger partial charge is 0.491 e. The normalized spacial score (nSPS) is 19.3. The number of hydrogen-bond donors (Lipinski definition) is 0. The van der Waals surface area contributed by atoms with Crippen molar-refractivity contribution in [1.82, 2.24) is 4.90 Å². The summed E-state index contributed by atoms with van der Waals surface area (Å²) in [6.45, 7) is 2.13. The summed E-state index contributed by atoms with van der Waals surface area (Å²) in [6, 6.07) is 5.29. The van der Waals surface area contributed by atoms with Gasteiger partial charge >= 0.3 is 5.97 Å². The Hall–Kier alpha value is -0.780. The van der Waals surface area contributed by atoms with Crippen LogP contribution in [0.4, 0.5) is 0 Å². The van der Waals surface area contributed by atoms with Crippen molar-refractivity contribution in [3.8, 4) is 5.75 Å². The predicted molar refractivity (Wildman–Crippen MR) is 85.9 cm³/mol. The maximum absolute atomic E-state index is 11.8. The average molecular weight is 377 g/mol. The summed E-state index contributed by atoms with van der Waals surface area (Å²) in [5.74, 6) is 0.605. The first kappa shape index (κ1) is 16.6. The Morgan fingerprint density at radius 1 is 1.48 bits per heavy atom. The van der Waals surface area contributed by atoms with Crippen molar-refractivity contribution in [2.24, 2.45) is 0 Å². The minimum absolute atomic E-state index is 0.138. The van der Waals surface area contributed by atoms with Gasteiger partial charge in [-0.2, -0.15) is 0 Å². The van der Waals surface area contributed by atoms with Gasteiger partial charge < -0.3 is 9.47 Å². The van der Waals surface area contributed by atoms with E-state index in [9.17, 15) is 4.79 Å². The van der Waals surface area contributed by atoms with Gasteiger partial charge in [-0.1, -0.05) is 18.0 Å². The molecule has 116 valence electrons. The molecule has 1 aromatic carbocycles. The Kier molecular flexibility index (Phi) is 6.33. The lowest BCUT2D eigenvalue weighted by Crippen LogP contribution is -2.46. The van der Waals surface area contributed by atoms with Crippen molar-refractivity contribution in [1.29, 1.82) is 0 Å². The van der Waals surface area contributed by atoms with E-state index in [0.717, 1.165) is 36.0 Å². The third-order valence-electron chi connectivity index (χ3n) is 3.62. The zero-order valence-corrected chi connectivity index (χ0v) is 14.3. The maximum atomic E-state index is 11.8. The number of hydrogen-bond acceptors (Lipinski definition) is 4. The molecule has 0 bridgehead atoms. The molecule has 6 heteroatoms. The molecule has 2 rings (SSSR count). The molecule has 1 heterocycles. The van der Waals surface area contributed by atoms with E-state index in [4.69, 9.17) is 21.1 Å². The fourth-order valence-electron chi connectivity index (χ4n) is 2.53. The molecule has 1 saturated heterocycles. The minimum Gasteiger partial charge on any atom is -0.491 e. The van der Waals surface area contributed by atoms with Gasteiger partial charge in [0, 0.05) is 11.6 Å². The van der Waals surface area contributed by atoms with Gasteiger partial charge in [0.2, 0.25) is 0 Å². The lowest BCUT2D eigenvalue weighted by atomic mass is 10.0. The van der Waals surface area contributed by atoms with Gasteiger partial charge in [-0.05, 0) is 53.5 Å². The van der Waals surface area contributed by atoms with E-state index in [1.54, 1.807) is 12.1 Å². The third kappa shape index (κ3) is 4.59. The van der Waals surface area contributed by atoms with Crippen LogP contribution in [0.15, 0.2) is 22.7 Å². The van der Waals surface area contributed by atoms with E-state index in [1.807, 2.05) is 6.07 Å². The Bertz CT molecular complexity index is 498.